The average Bonchev–Trinajstić information content (AvgIpc) is 2.45. The second kappa shape index (κ2) is 6.14. The van der Waals surface area contributed by atoms with Gasteiger partial charge in [-0.3, -0.25) is 0 Å². The van der Waals surface area contributed by atoms with Crippen LogP contribution in [0.25, 0.3) is 0 Å². The van der Waals surface area contributed by atoms with Gasteiger partial charge >= 0.3 is 0 Å². The molecule has 0 saturated heterocycles. The molecule has 96 valence electrons. The summed E-state index contributed by atoms with van der Waals surface area (Å²) >= 11 is 0. The number of benzene rings is 2. The highest BCUT2D eigenvalue weighted by Gasteiger charge is 2.12. The maximum absolute atomic E-state index is 9.99. The molecule has 0 heterocycles. The molecule has 0 aliphatic heterocycles. The lowest BCUT2D eigenvalue weighted by Gasteiger charge is -2.13. The fraction of sp³-hybridized carbons (Fsp3) is 0.188. The number of rotatable bonds is 4. The van der Waals surface area contributed by atoms with Gasteiger partial charge in [0.1, 0.15) is 0 Å². The average molecular weight is 253 g/mol. The molecule has 0 saturated carbocycles. The van der Waals surface area contributed by atoms with E-state index in [1.807, 2.05) is 37.3 Å². The van der Waals surface area contributed by atoms with E-state index in [9.17, 15) is 5.11 Å². The van der Waals surface area contributed by atoms with E-state index in [2.05, 4.69) is 0 Å². The molecule has 2 aromatic rings. The fourth-order valence-corrected chi connectivity index (χ4v) is 1.88. The summed E-state index contributed by atoms with van der Waals surface area (Å²) in [7, 11) is 0. The first-order valence-electron chi connectivity index (χ1n) is 6.05. The Bertz CT molecular complexity index is 602. The molecule has 1 unspecified atom stereocenters. The first-order chi connectivity index (χ1) is 9.20. The minimum absolute atomic E-state index is 0.308. The van der Waals surface area contributed by atoms with Crippen molar-refractivity contribution in [2.45, 2.75) is 19.8 Å². The van der Waals surface area contributed by atoms with Gasteiger partial charge in [-0.05, 0) is 18.6 Å². The van der Waals surface area contributed by atoms with E-state index in [-0.39, 0.29) is 0 Å². The standard InChI is InChI=1S/C16H15NO2/c1-12-5-4-6-13(9-12)11-19-16(18)15-8-3-2-7-14(15)10-17/h2-9,16,18H,11H2,1H3. The van der Waals surface area contributed by atoms with E-state index in [1.54, 1.807) is 24.3 Å². The number of hydrogen-bond acceptors (Lipinski definition) is 3. The SMILES string of the molecule is Cc1cccc(COC(O)c2ccccc2C#N)c1. The van der Waals surface area contributed by atoms with Crippen molar-refractivity contribution in [3.8, 4) is 6.07 Å². The van der Waals surface area contributed by atoms with Crippen LogP contribution in [0.3, 0.4) is 0 Å². The molecule has 3 heteroatoms. The van der Waals surface area contributed by atoms with Gasteiger partial charge < -0.3 is 9.84 Å². The van der Waals surface area contributed by atoms with Crippen molar-refractivity contribution in [3.05, 3.63) is 70.8 Å². The van der Waals surface area contributed by atoms with E-state index >= 15 is 0 Å². The van der Waals surface area contributed by atoms with E-state index < -0.39 is 6.29 Å². The number of nitrogens with zero attached hydrogens (tertiary/aromatic N) is 1. The van der Waals surface area contributed by atoms with Crippen molar-refractivity contribution < 1.29 is 9.84 Å². The highest BCUT2D eigenvalue weighted by Crippen LogP contribution is 2.20. The van der Waals surface area contributed by atoms with Crippen molar-refractivity contribution in [3.63, 3.8) is 0 Å². The Morgan fingerprint density at radius 1 is 1.21 bits per heavy atom. The lowest BCUT2D eigenvalue weighted by Crippen LogP contribution is -2.05. The van der Waals surface area contributed by atoms with Crippen molar-refractivity contribution in [2.75, 3.05) is 0 Å². The number of ether oxygens (including phenoxy) is 1. The van der Waals surface area contributed by atoms with Crippen LogP contribution in [0.5, 0.6) is 0 Å². The maximum atomic E-state index is 9.99. The molecule has 0 amide bonds. The van der Waals surface area contributed by atoms with Crippen molar-refractivity contribution in [1.82, 2.24) is 0 Å². The minimum atomic E-state index is -1.09. The lowest BCUT2D eigenvalue weighted by atomic mass is 10.1. The van der Waals surface area contributed by atoms with Crippen LogP contribution in [-0.4, -0.2) is 5.11 Å². The van der Waals surface area contributed by atoms with Crippen LogP contribution in [0.15, 0.2) is 48.5 Å². The second-order valence-corrected chi connectivity index (χ2v) is 4.35. The van der Waals surface area contributed by atoms with E-state index in [0.717, 1.165) is 11.1 Å². The molecule has 0 spiro atoms. The quantitative estimate of drug-likeness (QED) is 0.852. The number of hydrogen-bond donors (Lipinski definition) is 1. The van der Waals surface area contributed by atoms with E-state index in [0.29, 0.717) is 17.7 Å². The Labute approximate surface area is 112 Å². The zero-order valence-corrected chi connectivity index (χ0v) is 10.7. The van der Waals surface area contributed by atoms with Gasteiger partial charge in [0.2, 0.25) is 0 Å². The van der Waals surface area contributed by atoms with Crippen LogP contribution >= 0.6 is 0 Å². The summed E-state index contributed by atoms with van der Waals surface area (Å²) in [6, 6.07) is 16.8. The molecule has 0 aliphatic rings. The number of aliphatic hydroxyl groups excluding tert-OH is 1. The normalized spacial score (nSPS) is 11.8. The zero-order chi connectivity index (χ0) is 13.7. The molecule has 2 rings (SSSR count). The van der Waals surface area contributed by atoms with Crippen LogP contribution in [0, 0.1) is 18.3 Å². The second-order valence-electron chi connectivity index (χ2n) is 4.35. The Morgan fingerprint density at radius 3 is 2.74 bits per heavy atom. The molecule has 0 fully saturated rings. The largest absolute Gasteiger partial charge is 0.364 e. The number of nitriles is 1. The fourth-order valence-electron chi connectivity index (χ4n) is 1.88. The molecule has 1 atom stereocenters. The molecule has 0 bridgehead atoms. The third kappa shape index (κ3) is 3.41. The first-order valence-corrected chi connectivity index (χ1v) is 6.05. The van der Waals surface area contributed by atoms with Gasteiger partial charge in [-0.15, -0.1) is 0 Å². The van der Waals surface area contributed by atoms with Crippen LogP contribution in [0.1, 0.15) is 28.5 Å². The van der Waals surface area contributed by atoms with Gasteiger partial charge in [-0.25, -0.2) is 0 Å². The zero-order valence-electron chi connectivity index (χ0n) is 10.7. The highest BCUT2D eigenvalue weighted by atomic mass is 16.6. The Morgan fingerprint density at radius 2 is 2.00 bits per heavy atom. The van der Waals surface area contributed by atoms with Crippen molar-refractivity contribution in [2.24, 2.45) is 0 Å². The van der Waals surface area contributed by atoms with Crippen LogP contribution in [0.4, 0.5) is 0 Å². The van der Waals surface area contributed by atoms with Gasteiger partial charge in [-0.2, -0.15) is 5.26 Å². The topological polar surface area (TPSA) is 53.2 Å². The predicted octanol–water partition coefficient (Wildman–Crippen LogP) is 3.07. The van der Waals surface area contributed by atoms with Crippen molar-refractivity contribution in [1.29, 1.82) is 5.26 Å². The van der Waals surface area contributed by atoms with Gasteiger partial charge in [0.05, 0.1) is 18.2 Å². The summed E-state index contributed by atoms with van der Waals surface area (Å²) in [6.45, 7) is 2.31. The van der Waals surface area contributed by atoms with Gasteiger partial charge in [0, 0.05) is 5.56 Å². The Kier molecular flexibility index (Phi) is 4.30. The predicted molar refractivity (Wildman–Crippen MR) is 72.1 cm³/mol. The molecule has 0 aliphatic carbocycles. The molecule has 3 nitrogen and oxygen atoms in total. The molecule has 19 heavy (non-hydrogen) atoms. The molecular formula is C16H15NO2. The van der Waals surface area contributed by atoms with Crippen LogP contribution in [0.2, 0.25) is 0 Å². The molecular weight excluding hydrogens is 238 g/mol. The van der Waals surface area contributed by atoms with Gasteiger partial charge in [-0.1, -0.05) is 48.0 Å². The van der Waals surface area contributed by atoms with Crippen LogP contribution in [-0.2, 0) is 11.3 Å². The summed E-state index contributed by atoms with van der Waals surface area (Å²) < 4.78 is 5.42. The molecule has 1 N–H and O–H groups in total. The van der Waals surface area contributed by atoms with Gasteiger partial charge in [0.15, 0.2) is 6.29 Å². The number of aliphatic hydroxyl groups is 1. The summed E-state index contributed by atoms with van der Waals surface area (Å²) in [6.07, 6.45) is -1.09. The summed E-state index contributed by atoms with van der Waals surface area (Å²) in [5.41, 5.74) is 3.07. The summed E-state index contributed by atoms with van der Waals surface area (Å²) in [5.74, 6) is 0. The molecule has 2 aromatic carbocycles. The first kappa shape index (κ1) is 13.3. The Hall–Kier alpha value is -2.15. The smallest absolute Gasteiger partial charge is 0.182 e. The number of aryl methyl sites for hydroxylation is 1. The van der Waals surface area contributed by atoms with E-state index in [1.165, 1.54) is 0 Å². The third-order valence-electron chi connectivity index (χ3n) is 2.84. The highest BCUT2D eigenvalue weighted by molar-refractivity contribution is 5.38. The van der Waals surface area contributed by atoms with Crippen molar-refractivity contribution >= 4 is 0 Å². The minimum Gasteiger partial charge on any atom is -0.364 e. The monoisotopic (exact) mass is 253 g/mol. The van der Waals surface area contributed by atoms with Gasteiger partial charge in [0.25, 0.3) is 0 Å². The lowest BCUT2D eigenvalue weighted by molar-refractivity contribution is -0.112. The summed E-state index contributed by atoms with van der Waals surface area (Å²) in [4.78, 5) is 0. The molecule has 0 aromatic heterocycles. The molecule has 0 radical (unpaired) electrons. The van der Waals surface area contributed by atoms with E-state index in [4.69, 9.17) is 10.00 Å². The maximum Gasteiger partial charge on any atom is 0.182 e. The summed E-state index contributed by atoms with van der Waals surface area (Å²) in [5, 5.41) is 19.0. The van der Waals surface area contributed by atoms with Crippen LogP contribution < -0.4 is 0 Å². The third-order valence-corrected chi connectivity index (χ3v) is 2.84. The Balaban J connectivity index is 2.06.